The molecule has 0 aromatic carbocycles. The fourth-order valence-electron chi connectivity index (χ4n) is 2.96. The smallest absolute Gasteiger partial charge is 0.322 e. The number of anilines is 1. The Hall–Kier alpha value is -2.55. The summed E-state index contributed by atoms with van der Waals surface area (Å²) in [4.78, 5) is 23.8. The van der Waals surface area contributed by atoms with Gasteiger partial charge in [-0.05, 0) is 13.3 Å². The van der Waals surface area contributed by atoms with E-state index in [1.165, 1.54) is 17.5 Å². The SMILES string of the molecule is Cc1conc1NC(=O)N(C)C[C@@H]1C[C@H](F)CN1Cc1cncnc1. The molecule has 0 bridgehead atoms. The molecule has 1 aliphatic rings. The molecule has 0 spiro atoms. The molecule has 0 saturated carbocycles. The largest absolute Gasteiger partial charge is 0.362 e. The average Bonchev–Trinajstić information content (AvgIpc) is 3.14. The van der Waals surface area contributed by atoms with Crippen LogP contribution < -0.4 is 5.32 Å². The van der Waals surface area contributed by atoms with Gasteiger partial charge in [0.15, 0.2) is 5.82 Å². The van der Waals surface area contributed by atoms with Gasteiger partial charge < -0.3 is 9.42 Å². The summed E-state index contributed by atoms with van der Waals surface area (Å²) in [7, 11) is 1.68. The molecule has 2 atom stereocenters. The van der Waals surface area contributed by atoms with Crippen LogP contribution in [0.1, 0.15) is 17.5 Å². The number of aryl methyl sites for hydroxylation is 1. The number of urea groups is 1. The number of amides is 2. The number of likely N-dealkylation sites (tertiary alicyclic amines) is 1. The van der Waals surface area contributed by atoms with Gasteiger partial charge in [-0.3, -0.25) is 10.2 Å². The van der Waals surface area contributed by atoms with Crippen LogP contribution in [-0.4, -0.2) is 63.3 Å². The summed E-state index contributed by atoms with van der Waals surface area (Å²) in [6.45, 7) is 3.11. The Labute approximate surface area is 145 Å². The molecule has 1 N–H and O–H groups in total. The number of rotatable bonds is 5. The van der Waals surface area contributed by atoms with Crippen LogP contribution in [0.3, 0.4) is 0 Å². The van der Waals surface area contributed by atoms with E-state index < -0.39 is 6.17 Å². The first kappa shape index (κ1) is 17.3. The van der Waals surface area contributed by atoms with Crippen LogP contribution in [0, 0.1) is 6.92 Å². The van der Waals surface area contributed by atoms with E-state index in [2.05, 4.69) is 20.4 Å². The Morgan fingerprint density at radius 1 is 1.48 bits per heavy atom. The number of carbonyl (C=O) groups excluding carboxylic acids is 1. The second-order valence-electron chi connectivity index (χ2n) is 6.32. The molecule has 134 valence electrons. The van der Waals surface area contributed by atoms with E-state index >= 15 is 0 Å². The molecule has 3 heterocycles. The normalized spacial score (nSPS) is 20.6. The molecule has 1 aliphatic heterocycles. The van der Waals surface area contributed by atoms with Crippen molar-refractivity contribution in [2.75, 3.05) is 25.5 Å². The molecule has 2 aromatic rings. The Kier molecular flexibility index (Phi) is 5.22. The first-order valence-electron chi connectivity index (χ1n) is 8.08. The number of hydrogen-bond donors (Lipinski definition) is 1. The van der Waals surface area contributed by atoms with E-state index in [-0.39, 0.29) is 12.1 Å². The van der Waals surface area contributed by atoms with E-state index in [1.54, 1.807) is 26.4 Å². The van der Waals surface area contributed by atoms with Gasteiger partial charge in [0.1, 0.15) is 18.8 Å². The zero-order valence-electron chi connectivity index (χ0n) is 14.2. The second-order valence-corrected chi connectivity index (χ2v) is 6.32. The van der Waals surface area contributed by atoms with Gasteiger partial charge >= 0.3 is 6.03 Å². The summed E-state index contributed by atoms with van der Waals surface area (Å²) in [5.74, 6) is 0.393. The molecule has 0 unspecified atom stereocenters. The minimum absolute atomic E-state index is 0.0654. The predicted molar refractivity (Wildman–Crippen MR) is 88.6 cm³/mol. The van der Waals surface area contributed by atoms with Crippen molar-refractivity contribution in [3.63, 3.8) is 0 Å². The Bertz CT molecular complexity index is 710. The van der Waals surface area contributed by atoms with Crippen molar-refractivity contribution in [2.45, 2.75) is 32.1 Å². The third-order valence-corrected chi connectivity index (χ3v) is 4.28. The maximum absolute atomic E-state index is 13.9. The van der Waals surface area contributed by atoms with Gasteiger partial charge in [0, 0.05) is 56.2 Å². The van der Waals surface area contributed by atoms with Gasteiger partial charge in [0.05, 0.1) is 0 Å². The van der Waals surface area contributed by atoms with Crippen LogP contribution in [0.5, 0.6) is 0 Å². The summed E-state index contributed by atoms with van der Waals surface area (Å²) >= 11 is 0. The molecule has 0 aliphatic carbocycles. The van der Waals surface area contributed by atoms with Crippen molar-refractivity contribution in [1.82, 2.24) is 24.9 Å². The third kappa shape index (κ3) is 4.30. The molecule has 1 fully saturated rings. The molecule has 1 saturated heterocycles. The summed E-state index contributed by atoms with van der Waals surface area (Å²) < 4.78 is 18.7. The molecule has 2 amide bonds. The topological polar surface area (TPSA) is 87.4 Å². The molecule has 8 nitrogen and oxygen atoms in total. The highest BCUT2D eigenvalue weighted by Crippen LogP contribution is 2.23. The van der Waals surface area contributed by atoms with E-state index in [9.17, 15) is 9.18 Å². The Morgan fingerprint density at radius 2 is 2.24 bits per heavy atom. The summed E-state index contributed by atoms with van der Waals surface area (Å²) in [5.41, 5.74) is 1.67. The van der Waals surface area contributed by atoms with Crippen molar-refractivity contribution >= 4 is 11.8 Å². The number of nitrogens with zero attached hydrogens (tertiary/aromatic N) is 5. The van der Waals surface area contributed by atoms with Crippen LogP contribution in [0.15, 0.2) is 29.5 Å². The van der Waals surface area contributed by atoms with E-state index in [0.717, 1.165) is 11.1 Å². The fourth-order valence-corrected chi connectivity index (χ4v) is 2.96. The van der Waals surface area contributed by atoms with Gasteiger partial charge in [-0.1, -0.05) is 5.16 Å². The second kappa shape index (κ2) is 7.56. The fraction of sp³-hybridized carbons (Fsp3) is 0.500. The monoisotopic (exact) mass is 348 g/mol. The minimum atomic E-state index is -0.899. The lowest BCUT2D eigenvalue weighted by atomic mass is 10.2. The molecule has 3 rings (SSSR count). The van der Waals surface area contributed by atoms with Crippen LogP contribution in [0.2, 0.25) is 0 Å². The van der Waals surface area contributed by atoms with Crippen molar-refractivity contribution < 1.29 is 13.7 Å². The van der Waals surface area contributed by atoms with E-state index in [4.69, 9.17) is 4.52 Å². The number of hydrogen-bond acceptors (Lipinski definition) is 6. The van der Waals surface area contributed by atoms with Crippen LogP contribution in [0.4, 0.5) is 15.0 Å². The van der Waals surface area contributed by atoms with Crippen molar-refractivity contribution in [3.8, 4) is 0 Å². The number of nitrogens with one attached hydrogen (secondary N) is 1. The predicted octanol–water partition coefficient (Wildman–Crippen LogP) is 1.85. The highest BCUT2D eigenvalue weighted by molar-refractivity contribution is 5.88. The maximum atomic E-state index is 13.9. The highest BCUT2D eigenvalue weighted by atomic mass is 19.1. The molecule has 0 radical (unpaired) electrons. The molecular formula is C16H21FN6O2. The summed E-state index contributed by atoms with van der Waals surface area (Å²) in [6, 6.07) is -0.369. The Balaban J connectivity index is 1.59. The van der Waals surface area contributed by atoms with Gasteiger partial charge in [-0.15, -0.1) is 0 Å². The van der Waals surface area contributed by atoms with Crippen molar-refractivity contribution in [2.24, 2.45) is 0 Å². The van der Waals surface area contributed by atoms with E-state index in [0.29, 0.717) is 31.9 Å². The van der Waals surface area contributed by atoms with Crippen molar-refractivity contribution in [3.05, 3.63) is 36.1 Å². The van der Waals surface area contributed by atoms with E-state index in [1.807, 2.05) is 4.90 Å². The lowest BCUT2D eigenvalue weighted by Gasteiger charge is -2.28. The van der Waals surface area contributed by atoms with Crippen LogP contribution in [-0.2, 0) is 6.54 Å². The maximum Gasteiger partial charge on any atom is 0.322 e. The number of aromatic nitrogens is 3. The average molecular weight is 348 g/mol. The zero-order valence-corrected chi connectivity index (χ0v) is 14.2. The number of alkyl halides is 1. The molecule has 2 aromatic heterocycles. The number of halogens is 1. The third-order valence-electron chi connectivity index (χ3n) is 4.28. The van der Waals surface area contributed by atoms with Gasteiger partial charge in [-0.25, -0.2) is 19.2 Å². The van der Waals surface area contributed by atoms with Gasteiger partial charge in [0.2, 0.25) is 0 Å². The quantitative estimate of drug-likeness (QED) is 0.887. The zero-order chi connectivity index (χ0) is 17.8. The number of carbonyl (C=O) groups is 1. The van der Waals surface area contributed by atoms with Crippen LogP contribution >= 0.6 is 0 Å². The summed E-state index contributed by atoms with van der Waals surface area (Å²) in [6.07, 6.45) is 5.87. The molecular weight excluding hydrogens is 327 g/mol. The van der Waals surface area contributed by atoms with Gasteiger partial charge in [-0.2, -0.15) is 0 Å². The van der Waals surface area contributed by atoms with Crippen molar-refractivity contribution in [1.29, 1.82) is 0 Å². The summed E-state index contributed by atoms with van der Waals surface area (Å²) in [5, 5.41) is 6.42. The molecule has 25 heavy (non-hydrogen) atoms. The standard InChI is InChI=1S/C16H21FN6O2/c1-11-9-25-21-15(11)20-16(24)22(2)8-14-3-13(17)7-23(14)6-12-4-18-10-19-5-12/h4-5,9-10,13-14H,3,6-8H2,1-2H3,(H,20,21,24)/t13-,14-/m0/s1. The first-order valence-corrected chi connectivity index (χ1v) is 8.08. The first-order chi connectivity index (χ1) is 12.0. The lowest BCUT2D eigenvalue weighted by Crippen LogP contribution is -2.42. The van der Waals surface area contributed by atoms with Crippen LogP contribution in [0.25, 0.3) is 0 Å². The van der Waals surface area contributed by atoms with Gasteiger partial charge in [0.25, 0.3) is 0 Å². The Morgan fingerprint density at radius 3 is 2.92 bits per heavy atom. The molecule has 9 heteroatoms. The lowest BCUT2D eigenvalue weighted by molar-refractivity contribution is 0.182. The number of likely N-dealkylation sites (N-methyl/N-ethyl adjacent to an activating group) is 1. The minimum Gasteiger partial charge on any atom is -0.362 e. The highest BCUT2D eigenvalue weighted by Gasteiger charge is 2.33.